The van der Waals surface area contributed by atoms with Gasteiger partial charge in [-0.25, -0.2) is 0 Å². The van der Waals surface area contributed by atoms with E-state index in [9.17, 15) is 14.4 Å². The Morgan fingerprint density at radius 3 is 2.15 bits per heavy atom. The zero-order valence-electron chi connectivity index (χ0n) is 20.0. The maximum Gasteiger partial charge on any atom is 0.251 e. The van der Waals surface area contributed by atoms with Crippen molar-refractivity contribution in [3.8, 4) is 0 Å². The number of hydrogen-bond donors (Lipinski definition) is 2. The Kier molecular flexibility index (Phi) is 8.05. The molecule has 1 aliphatic heterocycles. The zero-order chi connectivity index (χ0) is 23.2. The van der Waals surface area contributed by atoms with E-state index in [1.165, 1.54) is 6.42 Å². The van der Waals surface area contributed by atoms with Gasteiger partial charge in [0.05, 0.1) is 5.92 Å². The predicted molar refractivity (Wildman–Crippen MR) is 129 cm³/mol. The average molecular weight is 454 g/mol. The largest absolute Gasteiger partial charge is 0.351 e. The molecule has 2 aliphatic carbocycles. The SMILES string of the molecule is Cc1ccccc1C(=O)N[C@@H]1CCCC[C@H]1NC(=O)[C@H]1CCCN(C(=O)C2CCCCC2)C1. The molecule has 0 radical (unpaired) electrons. The first-order valence-electron chi connectivity index (χ1n) is 13.0. The summed E-state index contributed by atoms with van der Waals surface area (Å²) in [6, 6.07) is 7.50. The second kappa shape index (κ2) is 11.2. The molecule has 3 fully saturated rings. The Balaban J connectivity index is 1.34. The number of likely N-dealkylation sites (tertiary alicyclic amines) is 1. The highest BCUT2D eigenvalue weighted by Crippen LogP contribution is 2.28. The number of rotatable bonds is 5. The van der Waals surface area contributed by atoms with Crippen molar-refractivity contribution in [1.82, 2.24) is 15.5 Å². The lowest BCUT2D eigenvalue weighted by atomic mass is 9.86. The Labute approximate surface area is 197 Å². The molecule has 33 heavy (non-hydrogen) atoms. The van der Waals surface area contributed by atoms with Crippen LogP contribution in [-0.4, -0.2) is 47.8 Å². The van der Waals surface area contributed by atoms with Crippen molar-refractivity contribution >= 4 is 17.7 Å². The second-order valence-corrected chi connectivity index (χ2v) is 10.3. The molecule has 0 spiro atoms. The normalized spacial score (nSPS) is 26.5. The van der Waals surface area contributed by atoms with Crippen LogP contribution in [0.5, 0.6) is 0 Å². The van der Waals surface area contributed by atoms with Crippen LogP contribution in [0, 0.1) is 18.8 Å². The lowest BCUT2D eigenvalue weighted by Crippen LogP contribution is -2.56. The quantitative estimate of drug-likeness (QED) is 0.708. The maximum absolute atomic E-state index is 13.2. The number of aryl methyl sites for hydroxylation is 1. The van der Waals surface area contributed by atoms with E-state index in [1.807, 2.05) is 36.1 Å². The predicted octanol–water partition coefficient (Wildman–Crippen LogP) is 3.97. The number of piperidine rings is 1. The topological polar surface area (TPSA) is 78.5 Å². The van der Waals surface area contributed by atoms with E-state index in [1.54, 1.807) is 0 Å². The molecule has 1 aromatic carbocycles. The lowest BCUT2D eigenvalue weighted by molar-refractivity contribution is -0.140. The average Bonchev–Trinajstić information content (AvgIpc) is 2.85. The summed E-state index contributed by atoms with van der Waals surface area (Å²) in [6.07, 6.45) is 11.1. The lowest BCUT2D eigenvalue weighted by Gasteiger charge is -2.37. The van der Waals surface area contributed by atoms with Crippen LogP contribution in [-0.2, 0) is 9.59 Å². The third-order valence-corrected chi connectivity index (χ3v) is 7.86. The monoisotopic (exact) mass is 453 g/mol. The number of amides is 3. The third-order valence-electron chi connectivity index (χ3n) is 7.86. The summed E-state index contributed by atoms with van der Waals surface area (Å²) in [5, 5.41) is 6.44. The molecule has 1 saturated heterocycles. The van der Waals surface area contributed by atoms with Gasteiger partial charge in [-0.1, -0.05) is 50.3 Å². The summed E-state index contributed by atoms with van der Waals surface area (Å²) in [6.45, 7) is 3.25. The summed E-state index contributed by atoms with van der Waals surface area (Å²) in [5.41, 5.74) is 1.65. The van der Waals surface area contributed by atoms with Gasteiger partial charge in [0.2, 0.25) is 11.8 Å². The van der Waals surface area contributed by atoms with Crippen LogP contribution in [0.15, 0.2) is 24.3 Å². The summed E-state index contributed by atoms with van der Waals surface area (Å²) in [7, 11) is 0. The molecule has 2 saturated carbocycles. The fourth-order valence-electron chi connectivity index (χ4n) is 5.85. The smallest absolute Gasteiger partial charge is 0.251 e. The van der Waals surface area contributed by atoms with Gasteiger partial charge in [-0.15, -0.1) is 0 Å². The van der Waals surface area contributed by atoms with Gasteiger partial charge < -0.3 is 15.5 Å². The first-order chi connectivity index (χ1) is 16.0. The van der Waals surface area contributed by atoms with E-state index in [4.69, 9.17) is 0 Å². The summed E-state index contributed by atoms with van der Waals surface area (Å²) >= 11 is 0. The van der Waals surface area contributed by atoms with Crippen LogP contribution in [0.25, 0.3) is 0 Å². The molecule has 3 aliphatic rings. The van der Waals surface area contributed by atoms with Gasteiger partial charge in [0.25, 0.3) is 5.91 Å². The van der Waals surface area contributed by atoms with E-state index < -0.39 is 0 Å². The molecular weight excluding hydrogens is 414 g/mol. The molecule has 3 atom stereocenters. The number of carbonyl (C=O) groups is 3. The Hall–Kier alpha value is -2.37. The van der Waals surface area contributed by atoms with Crippen molar-refractivity contribution in [2.45, 2.75) is 89.6 Å². The summed E-state index contributed by atoms with van der Waals surface area (Å²) < 4.78 is 0. The van der Waals surface area contributed by atoms with Crippen molar-refractivity contribution in [2.75, 3.05) is 13.1 Å². The summed E-state index contributed by atoms with van der Waals surface area (Å²) in [4.78, 5) is 41.0. The van der Waals surface area contributed by atoms with Gasteiger partial charge in [-0.05, 0) is 57.1 Å². The standard InChI is InChI=1S/C27H39N3O3/c1-19-10-5-6-14-22(19)26(32)29-24-16-8-7-15-23(24)28-25(31)21-13-9-17-30(18-21)27(33)20-11-3-2-4-12-20/h5-6,10,14,20-21,23-24H,2-4,7-9,11-13,15-18H2,1H3,(H,28,31)(H,29,32)/t21-,23+,24+/m0/s1. The number of benzene rings is 1. The molecule has 3 amide bonds. The molecule has 0 bridgehead atoms. The van der Waals surface area contributed by atoms with Crippen LogP contribution in [0.4, 0.5) is 0 Å². The van der Waals surface area contributed by atoms with E-state index in [2.05, 4.69) is 10.6 Å². The minimum atomic E-state index is -0.152. The van der Waals surface area contributed by atoms with Crippen LogP contribution >= 0.6 is 0 Å². The van der Waals surface area contributed by atoms with Crippen LogP contribution in [0.2, 0.25) is 0 Å². The van der Waals surface area contributed by atoms with Gasteiger partial charge in [0.15, 0.2) is 0 Å². The minimum Gasteiger partial charge on any atom is -0.351 e. The molecule has 180 valence electrons. The number of nitrogens with one attached hydrogen (secondary N) is 2. The van der Waals surface area contributed by atoms with Crippen LogP contribution in [0.1, 0.15) is 86.6 Å². The highest BCUT2D eigenvalue weighted by Gasteiger charge is 2.35. The van der Waals surface area contributed by atoms with E-state index in [-0.39, 0.29) is 41.6 Å². The molecule has 0 unspecified atom stereocenters. The zero-order valence-corrected chi connectivity index (χ0v) is 20.0. The van der Waals surface area contributed by atoms with Crippen molar-refractivity contribution in [1.29, 1.82) is 0 Å². The van der Waals surface area contributed by atoms with Gasteiger partial charge in [0, 0.05) is 36.7 Å². The van der Waals surface area contributed by atoms with Gasteiger partial charge in [-0.3, -0.25) is 14.4 Å². The Bertz CT molecular complexity index is 849. The highest BCUT2D eigenvalue weighted by atomic mass is 16.2. The van der Waals surface area contributed by atoms with Crippen LogP contribution < -0.4 is 10.6 Å². The molecule has 4 rings (SSSR count). The number of carbonyl (C=O) groups excluding carboxylic acids is 3. The maximum atomic E-state index is 13.2. The van der Waals surface area contributed by atoms with Crippen molar-refractivity contribution < 1.29 is 14.4 Å². The first-order valence-corrected chi connectivity index (χ1v) is 13.0. The van der Waals surface area contributed by atoms with E-state index in [0.29, 0.717) is 12.1 Å². The summed E-state index contributed by atoms with van der Waals surface area (Å²) in [5.74, 6) is 0.230. The first kappa shape index (κ1) is 23.8. The minimum absolute atomic E-state index is 0.0400. The van der Waals surface area contributed by atoms with Gasteiger partial charge in [-0.2, -0.15) is 0 Å². The van der Waals surface area contributed by atoms with Gasteiger partial charge >= 0.3 is 0 Å². The molecule has 1 heterocycles. The van der Waals surface area contributed by atoms with E-state index >= 15 is 0 Å². The number of nitrogens with zero attached hydrogens (tertiary/aromatic N) is 1. The fraction of sp³-hybridized carbons (Fsp3) is 0.667. The Morgan fingerprint density at radius 1 is 0.788 bits per heavy atom. The molecule has 0 aromatic heterocycles. The van der Waals surface area contributed by atoms with Gasteiger partial charge in [0.1, 0.15) is 0 Å². The van der Waals surface area contributed by atoms with Crippen molar-refractivity contribution in [3.05, 3.63) is 35.4 Å². The van der Waals surface area contributed by atoms with Crippen LogP contribution in [0.3, 0.4) is 0 Å². The van der Waals surface area contributed by atoms with Crippen molar-refractivity contribution in [3.63, 3.8) is 0 Å². The second-order valence-electron chi connectivity index (χ2n) is 10.3. The molecule has 6 nitrogen and oxygen atoms in total. The molecular formula is C27H39N3O3. The van der Waals surface area contributed by atoms with Crippen molar-refractivity contribution in [2.24, 2.45) is 11.8 Å². The molecule has 2 N–H and O–H groups in total. The number of hydrogen-bond acceptors (Lipinski definition) is 3. The molecule has 1 aromatic rings. The highest BCUT2D eigenvalue weighted by molar-refractivity contribution is 5.95. The van der Waals surface area contributed by atoms with E-state index in [0.717, 1.165) is 76.3 Å². The third kappa shape index (κ3) is 5.96. The Morgan fingerprint density at radius 2 is 1.42 bits per heavy atom. The fourth-order valence-corrected chi connectivity index (χ4v) is 5.85. The molecule has 6 heteroatoms.